The molecule has 0 amide bonds. The van der Waals surface area contributed by atoms with E-state index in [2.05, 4.69) is 9.89 Å². The first-order valence-electron chi connectivity index (χ1n) is 7.14. The van der Waals surface area contributed by atoms with Crippen LogP contribution in [0.15, 0.2) is 22.9 Å². The van der Waals surface area contributed by atoms with E-state index in [1.54, 1.807) is 6.92 Å². The zero-order valence-electron chi connectivity index (χ0n) is 12.6. The Morgan fingerprint density at radius 2 is 2.09 bits per heavy atom. The molecule has 0 bridgehead atoms. The summed E-state index contributed by atoms with van der Waals surface area (Å²) in [7, 11) is 1.34. The minimum absolute atomic E-state index is 0.107. The first-order valence-corrected chi connectivity index (χ1v) is 7.14. The quantitative estimate of drug-likeness (QED) is 0.759. The van der Waals surface area contributed by atoms with Crippen LogP contribution in [0.5, 0.6) is 11.5 Å². The Hall–Kier alpha value is -2.44. The van der Waals surface area contributed by atoms with Crippen LogP contribution in [-0.2, 0) is 0 Å². The van der Waals surface area contributed by atoms with Gasteiger partial charge in [-0.15, -0.1) is 0 Å². The van der Waals surface area contributed by atoms with Crippen molar-refractivity contribution < 1.29 is 27.6 Å². The Bertz CT molecular complexity index is 738. The van der Waals surface area contributed by atoms with E-state index in [-0.39, 0.29) is 23.2 Å². The average Bonchev–Trinajstić information content (AvgIpc) is 3.23. The molecule has 23 heavy (non-hydrogen) atoms. The summed E-state index contributed by atoms with van der Waals surface area (Å²) in [4.78, 5) is 12.7. The predicted octanol–water partition coefficient (Wildman–Crippen LogP) is 3.70. The van der Waals surface area contributed by atoms with E-state index in [4.69, 9.17) is 9.26 Å². The minimum atomic E-state index is -2.97. The second kappa shape index (κ2) is 5.98. The van der Waals surface area contributed by atoms with Gasteiger partial charge in [-0.05, 0) is 31.9 Å². The monoisotopic (exact) mass is 323 g/mol. The SMILES string of the molecule is COc1c(OC(F)F)ccc(C(=O)c2cnoc2C2CC2)c1C. The standard InChI is InChI=1S/C16H15F2NO4/c1-8-10(5-6-12(14(8)21-2)22-16(17)18)13(20)11-7-19-23-15(11)9-3-4-9/h5-7,9,16H,3-4H2,1-2H3. The lowest BCUT2D eigenvalue weighted by atomic mass is 9.97. The highest BCUT2D eigenvalue weighted by Gasteiger charge is 2.33. The number of halogens is 2. The minimum Gasteiger partial charge on any atom is -0.493 e. The molecule has 1 aliphatic rings. The van der Waals surface area contributed by atoms with Crippen LogP contribution in [0.4, 0.5) is 8.78 Å². The number of hydrogen-bond donors (Lipinski definition) is 0. The second-order valence-electron chi connectivity index (χ2n) is 5.36. The summed E-state index contributed by atoms with van der Waals surface area (Å²) in [6.07, 6.45) is 3.34. The van der Waals surface area contributed by atoms with Gasteiger partial charge in [-0.1, -0.05) is 5.16 Å². The van der Waals surface area contributed by atoms with Crippen molar-refractivity contribution >= 4 is 5.78 Å². The van der Waals surface area contributed by atoms with E-state index < -0.39 is 6.61 Å². The summed E-state index contributed by atoms with van der Waals surface area (Å²) >= 11 is 0. The van der Waals surface area contributed by atoms with E-state index in [1.807, 2.05) is 0 Å². The molecule has 1 aromatic heterocycles. The van der Waals surface area contributed by atoms with Crippen molar-refractivity contribution in [1.82, 2.24) is 5.16 Å². The fourth-order valence-corrected chi connectivity index (χ4v) is 2.56. The number of alkyl halides is 2. The zero-order chi connectivity index (χ0) is 16.6. The number of nitrogens with zero attached hydrogens (tertiary/aromatic N) is 1. The van der Waals surface area contributed by atoms with E-state index in [0.29, 0.717) is 22.5 Å². The van der Waals surface area contributed by atoms with Gasteiger partial charge in [0.25, 0.3) is 0 Å². The van der Waals surface area contributed by atoms with Crippen LogP contribution in [0.2, 0.25) is 0 Å². The molecule has 0 radical (unpaired) electrons. The molecule has 1 fully saturated rings. The summed E-state index contributed by atoms with van der Waals surface area (Å²) in [6.45, 7) is -1.35. The summed E-state index contributed by atoms with van der Waals surface area (Å²) < 4.78 is 39.6. The van der Waals surface area contributed by atoms with Crippen molar-refractivity contribution in [1.29, 1.82) is 0 Å². The van der Waals surface area contributed by atoms with Crippen LogP contribution in [0.3, 0.4) is 0 Å². The first-order chi connectivity index (χ1) is 11.0. The molecule has 5 nitrogen and oxygen atoms in total. The van der Waals surface area contributed by atoms with Gasteiger partial charge in [-0.25, -0.2) is 0 Å². The van der Waals surface area contributed by atoms with Gasteiger partial charge in [-0.3, -0.25) is 4.79 Å². The Morgan fingerprint density at radius 3 is 2.70 bits per heavy atom. The number of rotatable bonds is 6. The van der Waals surface area contributed by atoms with Crippen molar-refractivity contribution in [2.75, 3.05) is 7.11 Å². The van der Waals surface area contributed by atoms with Crippen molar-refractivity contribution in [3.63, 3.8) is 0 Å². The molecular formula is C16H15F2NO4. The van der Waals surface area contributed by atoms with Gasteiger partial charge in [0.2, 0.25) is 0 Å². The van der Waals surface area contributed by atoms with Crippen LogP contribution >= 0.6 is 0 Å². The largest absolute Gasteiger partial charge is 0.493 e. The Kier molecular flexibility index (Phi) is 4.02. The number of ketones is 1. The van der Waals surface area contributed by atoms with Crippen molar-refractivity contribution in [2.24, 2.45) is 0 Å². The molecule has 1 aliphatic carbocycles. The summed E-state index contributed by atoms with van der Waals surface area (Å²) in [5.41, 5.74) is 1.17. The molecule has 1 aromatic carbocycles. The van der Waals surface area contributed by atoms with Gasteiger partial charge in [0, 0.05) is 17.0 Å². The Morgan fingerprint density at radius 1 is 1.35 bits per heavy atom. The highest BCUT2D eigenvalue weighted by molar-refractivity contribution is 6.11. The molecular weight excluding hydrogens is 308 g/mol. The average molecular weight is 323 g/mol. The number of ether oxygens (including phenoxy) is 2. The summed E-state index contributed by atoms with van der Waals surface area (Å²) in [5, 5.41) is 3.71. The molecule has 2 aromatic rings. The lowest BCUT2D eigenvalue weighted by molar-refractivity contribution is -0.0512. The maximum Gasteiger partial charge on any atom is 0.387 e. The van der Waals surface area contributed by atoms with Crippen LogP contribution in [0.25, 0.3) is 0 Å². The number of carbonyl (C=O) groups is 1. The maximum atomic E-state index is 12.7. The third-order valence-corrected chi connectivity index (χ3v) is 3.83. The van der Waals surface area contributed by atoms with Gasteiger partial charge in [-0.2, -0.15) is 8.78 Å². The number of hydrogen-bond acceptors (Lipinski definition) is 5. The Balaban J connectivity index is 1.99. The van der Waals surface area contributed by atoms with E-state index >= 15 is 0 Å². The molecule has 1 saturated carbocycles. The van der Waals surface area contributed by atoms with E-state index in [0.717, 1.165) is 12.8 Å². The van der Waals surface area contributed by atoms with Gasteiger partial charge in [0.05, 0.1) is 18.9 Å². The molecule has 0 spiro atoms. The molecule has 0 unspecified atom stereocenters. The lowest BCUT2D eigenvalue weighted by Crippen LogP contribution is -2.09. The van der Waals surface area contributed by atoms with E-state index in [9.17, 15) is 13.6 Å². The summed E-state index contributed by atoms with van der Waals surface area (Å²) in [6, 6.07) is 2.75. The van der Waals surface area contributed by atoms with Crippen molar-refractivity contribution in [2.45, 2.75) is 32.3 Å². The van der Waals surface area contributed by atoms with Gasteiger partial charge < -0.3 is 14.0 Å². The number of carbonyl (C=O) groups excluding carboxylic acids is 1. The number of benzene rings is 1. The van der Waals surface area contributed by atoms with Gasteiger partial charge in [0.15, 0.2) is 23.0 Å². The van der Waals surface area contributed by atoms with E-state index in [1.165, 1.54) is 25.4 Å². The van der Waals surface area contributed by atoms with Crippen LogP contribution in [0, 0.1) is 6.92 Å². The zero-order valence-corrected chi connectivity index (χ0v) is 12.6. The predicted molar refractivity (Wildman–Crippen MR) is 76.3 cm³/mol. The molecule has 7 heteroatoms. The highest BCUT2D eigenvalue weighted by Crippen LogP contribution is 2.42. The number of aromatic nitrogens is 1. The lowest BCUT2D eigenvalue weighted by Gasteiger charge is -2.14. The van der Waals surface area contributed by atoms with Crippen LogP contribution in [0.1, 0.15) is 46.0 Å². The third-order valence-electron chi connectivity index (χ3n) is 3.83. The third kappa shape index (κ3) is 2.91. The molecule has 3 rings (SSSR count). The Labute approximate surface area is 131 Å². The highest BCUT2D eigenvalue weighted by atomic mass is 19.3. The van der Waals surface area contributed by atoms with Crippen LogP contribution in [-0.4, -0.2) is 24.7 Å². The second-order valence-corrected chi connectivity index (χ2v) is 5.36. The molecule has 0 saturated heterocycles. The fraction of sp³-hybridized carbons (Fsp3) is 0.375. The normalized spacial score (nSPS) is 14.1. The van der Waals surface area contributed by atoms with Gasteiger partial charge in [0.1, 0.15) is 0 Å². The molecule has 0 aliphatic heterocycles. The molecule has 0 atom stereocenters. The molecule has 1 heterocycles. The molecule has 122 valence electrons. The van der Waals surface area contributed by atoms with Crippen molar-refractivity contribution in [3.05, 3.63) is 40.8 Å². The number of methoxy groups -OCH3 is 1. The topological polar surface area (TPSA) is 61.6 Å². The first kappa shape index (κ1) is 15.5. The summed E-state index contributed by atoms with van der Waals surface area (Å²) in [5.74, 6) is 0.554. The molecule has 0 N–H and O–H groups in total. The van der Waals surface area contributed by atoms with Gasteiger partial charge >= 0.3 is 6.61 Å². The van der Waals surface area contributed by atoms with Crippen LogP contribution < -0.4 is 9.47 Å². The smallest absolute Gasteiger partial charge is 0.387 e. The van der Waals surface area contributed by atoms with Crippen molar-refractivity contribution in [3.8, 4) is 11.5 Å². The fourth-order valence-electron chi connectivity index (χ4n) is 2.56. The maximum absolute atomic E-state index is 12.7.